The van der Waals surface area contributed by atoms with Crippen LogP contribution in [0.5, 0.6) is 5.75 Å². The quantitative estimate of drug-likeness (QED) is 0.516. The van der Waals surface area contributed by atoms with E-state index in [0.29, 0.717) is 16.3 Å². The van der Waals surface area contributed by atoms with Crippen LogP contribution < -0.4 is 4.74 Å². The van der Waals surface area contributed by atoms with Crippen LogP contribution in [0.15, 0.2) is 70.6 Å². The lowest BCUT2D eigenvalue weighted by Crippen LogP contribution is -2.31. The molecule has 3 rings (SSSR count). The van der Waals surface area contributed by atoms with Crippen molar-refractivity contribution in [2.75, 3.05) is 13.7 Å². The Morgan fingerprint density at radius 3 is 2.57 bits per heavy atom. The molecule has 7 nitrogen and oxygen atoms in total. The van der Waals surface area contributed by atoms with E-state index < -0.39 is 10.0 Å². The maximum absolute atomic E-state index is 13.0. The van der Waals surface area contributed by atoms with Gasteiger partial charge in [0, 0.05) is 6.54 Å². The van der Waals surface area contributed by atoms with Crippen LogP contribution in [0.25, 0.3) is 11.5 Å². The van der Waals surface area contributed by atoms with E-state index in [9.17, 15) is 8.42 Å². The lowest BCUT2D eigenvalue weighted by atomic mass is 10.2. The maximum Gasteiger partial charge on any atom is 0.259 e. The summed E-state index contributed by atoms with van der Waals surface area (Å²) >= 11 is 6.14. The molecule has 0 radical (unpaired) electrons. The second kappa shape index (κ2) is 8.55. The summed E-state index contributed by atoms with van der Waals surface area (Å²) in [7, 11) is -2.28. The molecule has 3 aromatic rings. The van der Waals surface area contributed by atoms with Crippen LogP contribution in [-0.2, 0) is 16.6 Å². The van der Waals surface area contributed by atoms with Gasteiger partial charge >= 0.3 is 0 Å². The van der Waals surface area contributed by atoms with Crippen LogP contribution >= 0.6 is 11.6 Å². The second-order valence-electron chi connectivity index (χ2n) is 5.76. The molecule has 0 saturated heterocycles. The molecule has 2 aromatic carbocycles. The molecule has 1 heterocycles. The molecule has 0 unspecified atom stereocenters. The van der Waals surface area contributed by atoms with E-state index in [-0.39, 0.29) is 29.7 Å². The highest BCUT2D eigenvalue weighted by atomic mass is 35.5. The molecular formula is C19H18ClN3O4S. The van der Waals surface area contributed by atoms with Crippen molar-refractivity contribution in [3.05, 3.63) is 72.0 Å². The lowest BCUT2D eigenvalue weighted by molar-refractivity contribution is 0.391. The fraction of sp³-hybridized carbons (Fsp3) is 0.158. The third-order valence-electron chi connectivity index (χ3n) is 3.92. The van der Waals surface area contributed by atoms with E-state index in [1.165, 1.54) is 29.6 Å². The first kappa shape index (κ1) is 20.1. The standard InChI is InChI=1S/C19H18ClN3O4S/c1-3-12-23(28(24,25)15-10-8-14(26-2)9-11-15)13-18-21-19(27-22-18)16-6-4-5-7-17(16)20/h3-11H,1,12-13H2,2H3. The topological polar surface area (TPSA) is 85.5 Å². The number of rotatable bonds is 8. The molecule has 0 bridgehead atoms. The molecule has 0 aliphatic carbocycles. The molecule has 28 heavy (non-hydrogen) atoms. The van der Waals surface area contributed by atoms with Crippen molar-refractivity contribution in [1.82, 2.24) is 14.4 Å². The number of nitrogens with zero attached hydrogens (tertiary/aromatic N) is 3. The zero-order chi connectivity index (χ0) is 20.1. The molecule has 146 valence electrons. The Labute approximate surface area is 168 Å². The van der Waals surface area contributed by atoms with Gasteiger partial charge in [-0.1, -0.05) is 35.0 Å². The second-order valence-corrected chi connectivity index (χ2v) is 8.10. The van der Waals surface area contributed by atoms with Gasteiger partial charge in [-0.3, -0.25) is 0 Å². The molecule has 0 saturated carbocycles. The molecule has 0 amide bonds. The fourth-order valence-electron chi connectivity index (χ4n) is 2.51. The highest BCUT2D eigenvalue weighted by molar-refractivity contribution is 7.89. The van der Waals surface area contributed by atoms with Crippen molar-refractivity contribution in [3.63, 3.8) is 0 Å². The van der Waals surface area contributed by atoms with E-state index in [1.807, 2.05) is 0 Å². The van der Waals surface area contributed by atoms with Crippen molar-refractivity contribution >= 4 is 21.6 Å². The van der Waals surface area contributed by atoms with E-state index >= 15 is 0 Å². The Morgan fingerprint density at radius 2 is 1.93 bits per heavy atom. The van der Waals surface area contributed by atoms with Crippen LogP contribution in [0.2, 0.25) is 5.02 Å². The SMILES string of the molecule is C=CCN(Cc1noc(-c2ccccc2Cl)n1)S(=O)(=O)c1ccc(OC)cc1. The van der Waals surface area contributed by atoms with Crippen molar-refractivity contribution in [3.8, 4) is 17.2 Å². The minimum Gasteiger partial charge on any atom is -0.497 e. The van der Waals surface area contributed by atoms with E-state index in [0.717, 1.165) is 0 Å². The summed E-state index contributed by atoms with van der Waals surface area (Å²) in [5.74, 6) is 1.01. The monoisotopic (exact) mass is 419 g/mol. The Hall–Kier alpha value is -2.68. The summed E-state index contributed by atoms with van der Waals surface area (Å²) in [6, 6.07) is 13.2. The van der Waals surface area contributed by atoms with Gasteiger partial charge in [-0.15, -0.1) is 6.58 Å². The van der Waals surface area contributed by atoms with Crippen molar-refractivity contribution in [2.24, 2.45) is 0 Å². The van der Waals surface area contributed by atoms with Gasteiger partial charge in [-0.05, 0) is 36.4 Å². The smallest absolute Gasteiger partial charge is 0.259 e. The first-order valence-electron chi connectivity index (χ1n) is 8.28. The predicted molar refractivity (Wildman–Crippen MR) is 106 cm³/mol. The predicted octanol–water partition coefficient (Wildman–Crippen LogP) is 3.78. The minimum absolute atomic E-state index is 0.0751. The third kappa shape index (κ3) is 4.24. The highest BCUT2D eigenvalue weighted by Crippen LogP contribution is 2.26. The van der Waals surface area contributed by atoms with Gasteiger partial charge in [-0.25, -0.2) is 8.42 Å². The normalized spacial score (nSPS) is 11.5. The molecule has 0 N–H and O–H groups in total. The fourth-order valence-corrected chi connectivity index (χ4v) is 4.09. The zero-order valence-corrected chi connectivity index (χ0v) is 16.7. The molecule has 9 heteroatoms. The summed E-state index contributed by atoms with van der Waals surface area (Å²) in [5.41, 5.74) is 0.580. The Balaban J connectivity index is 1.87. The number of sulfonamides is 1. The van der Waals surface area contributed by atoms with Crippen LogP contribution in [0.3, 0.4) is 0 Å². The number of methoxy groups -OCH3 is 1. The number of hydrogen-bond donors (Lipinski definition) is 0. The summed E-state index contributed by atoms with van der Waals surface area (Å²) < 4.78 is 37.5. The summed E-state index contributed by atoms with van der Waals surface area (Å²) in [6.45, 7) is 3.65. The first-order chi connectivity index (χ1) is 13.5. The van der Waals surface area contributed by atoms with Gasteiger partial charge in [0.05, 0.1) is 29.1 Å². The minimum atomic E-state index is -3.79. The first-order valence-corrected chi connectivity index (χ1v) is 10.1. The number of hydrogen-bond acceptors (Lipinski definition) is 6. The van der Waals surface area contributed by atoms with Crippen molar-refractivity contribution in [1.29, 1.82) is 0 Å². The van der Waals surface area contributed by atoms with E-state index in [1.54, 1.807) is 36.4 Å². The lowest BCUT2D eigenvalue weighted by Gasteiger charge is -2.19. The number of halogens is 1. The van der Waals surface area contributed by atoms with Crippen molar-refractivity contribution in [2.45, 2.75) is 11.4 Å². The maximum atomic E-state index is 13.0. The Morgan fingerprint density at radius 1 is 1.21 bits per heavy atom. The average molecular weight is 420 g/mol. The summed E-state index contributed by atoms with van der Waals surface area (Å²) in [5, 5.41) is 4.35. The third-order valence-corrected chi connectivity index (χ3v) is 6.08. The zero-order valence-electron chi connectivity index (χ0n) is 15.1. The summed E-state index contributed by atoms with van der Waals surface area (Å²) in [4.78, 5) is 4.40. The molecular weight excluding hydrogens is 402 g/mol. The number of aromatic nitrogens is 2. The van der Waals surface area contributed by atoms with Gasteiger partial charge < -0.3 is 9.26 Å². The van der Waals surface area contributed by atoms with Crippen LogP contribution in [0, 0.1) is 0 Å². The Kier molecular flexibility index (Phi) is 6.13. The summed E-state index contributed by atoms with van der Waals surface area (Å²) in [6.07, 6.45) is 1.50. The molecule has 0 aliphatic rings. The van der Waals surface area contributed by atoms with Gasteiger partial charge in [0.1, 0.15) is 5.75 Å². The van der Waals surface area contributed by atoms with Gasteiger partial charge in [0.2, 0.25) is 10.0 Å². The number of benzene rings is 2. The molecule has 0 atom stereocenters. The molecule has 0 spiro atoms. The molecule has 0 aliphatic heterocycles. The van der Waals surface area contributed by atoms with Crippen molar-refractivity contribution < 1.29 is 17.7 Å². The molecule has 0 fully saturated rings. The van der Waals surface area contributed by atoms with Crippen LogP contribution in [0.1, 0.15) is 5.82 Å². The molecule has 1 aromatic heterocycles. The van der Waals surface area contributed by atoms with Gasteiger partial charge in [0.25, 0.3) is 5.89 Å². The average Bonchev–Trinajstić information content (AvgIpc) is 3.16. The van der Waals surface area contributed by atoms with Crippen LogP contribution in [0.4, 0.5) is 0 Å². The van der Waals surface area contributed by atoms with E-state index in [2.05, 4.69) is 16.7 Å². The van der Waals surface area contributed by atoms with Gasteiger partial charge in [-0.2, -0.15) is 9.29 Å². The Bertz CT molecular complexity index is 1060. The number of ether oxygens (including phenoxy) is 1. The largest absolute Gasteiger partial charge is 0.497 e. The highest BCUT2D eigenvalue weighted by Gasteiger charge is 2.26. The van der Waals surface area contributed by atoms with Crippen LogP contribution in [-0.4, -0.2) is 36.5 Å². The van der Waals surface area contributed by atoms with E-state index in [4.69, 9.17) is 20.9 Å². The van der Waals surface area contributed by atoms with Gasteiger partial charge in [0.15, 0.2) is 5.82 Å².